The Morgan fingerprint density at radius 2 is 2.20 bits per heavy atom. The molecular formula is C13H10BrClN2O3. The minimum absolute atomic E-state index is 0.164. The summed E-state index contributed by atoms with van der Waals surface area (Å²) in [5.74, 6) is -0.886. The van der Waals surface area contributed by atoms with Gasteiger partial charge in [-0.25, -0.2) is 4.79 Å². The molecule has 0 fully saturated rings. The van der Waals surface area contributed by atoms with Gasteiger partial charge in [0.05, 0.1) is 0 Å². The van der Waals surface area contributed by atoms with Gasteiger partial charge in [-0.3, -0.25) is 9.78 Å². The molecule has 1 aliphatic heterocycles. The van der Waals surface area contributed by atoms with E-state index in [9.17, 15) is 9.59 Å². The van der Waals surface area contributed by atoms with Crippen LogP contribution in [0.1, 0.15) is 21.6 Å². The molecule has 5 nitrogen and oxygen atoms in total. The zero-order chi connectivity index (χ0) is 14.3. The fourth-order valence-electron chi connectivity index (χ4n) is 2.32. The lowest BCUT2D eigenvalue weighted by Gasteiger charge is -2.29. The van der Waals surface area contributed by atoms with E-state index in [0.717, 1.165) is 21.9 Å². The van der Waals surface area contributed by atoms with Gasteiger partial charge in [-0.05, 0) is 29.7 Å². The highest BCUT2D eigenvalue weighted by atomic mass is 79.9. The summed E-state index contributed by atoms with van der Waals surface area (Å²) in [6.07, 6.45) is 1.83. The Balaban J connectivity index is 1.91. The molecule has 1 aromatic heterocycles. The van der Waals surface area contributed by atoms with Crippen LogP contribution in [0.3, 0.4) is 0 Å². The lowest BCUT2D eigenvalue weighted by Crippen LogP contribution is -2.36. The summed E-state index contributed by atoms with van der Waals surface area (Å²) in [7, 11) is 0. The fraction of sp³-hybridized carbons (Fsp3) is 0.231. The summed E-state index contributed by atoms with van der Waals surface area (Å²) >= 11 is 9.66. The second-order valence-electron chi connectivity index (χ2n) is 4.52. The van der Waals surface area contributed by atoms with Crippen LogP contribution < -0.4 is 5.76 Å². The maximum absolute atomic E-state index is 12.3. The van der Waals surface area contributed by atoms with Gasteiger partial charge < -0.3 is 9.32 Å². The first-order chi connectivity index (χ1) is 9.56. The van der Waals surface area contributed by atoms with Crippen molar-refractivity contribution in [1.29, 1.82) is 0 Å². The maximum Gasteiger partial charge on any atom is 0.416 e. The SMILES string of the molecule is O=C(c1coc(=O)[nH]1)N1CCc2c(Cl)ccc(Br)c2C1. The van der Waals surface area contributed by atoms with Crippen LogP contribution in [0.15, 0.2) is 32.1 Å². The monoisotopic (exact) mass is 356 g/mol. The van der Waals surface area contributed by atoms with Crippen LogP contribution in [-0.2, 0) is 13.0 Å². The van der Waals surface area contributed by atoms with E-state index in [4.69, 9.17) is 11.6 Å². The third-order valence-electron chi connectivity index (χ3n) is 3.34. The predicted molar refractivity (Wildman–Crippen MR) is 76.9 cm³/mol. The first kappa shape index (κ1) is 13.5. The Kier molecular flexibility index (Phi) is 3.43. The minimum Gasteiger partial charge on any atom is -0.416 e. The van der Waals surface area contributed by atoms with Crippen LogP contribution in [0.4, 0.5) is 0 Å². The third kappa shape index (κ3) is 2.29. The quantitative estimate of drug-likeness (QED) is 0.853. The van der Waals surface area contributed by atoms with E-state index in [1.165, 1.54) is 0 Å². The molecule has 1 N–H and O–H groups in total. The van der Waals surface area contributed by atoms with Gasteiger partial charge >= 0.3 is 5.76 Å². The molecule has 7 heteroatoms. The molecular weight excluding hydrogens is 348 g/mol. The van der Waals surface area contributed by atoms with Crippen molar-refractivity contribution < 1.29 is 9.21 Å². The normalized spacial score (nSPS) is 14.2. The number of rotatable bonds is 1. The second-order valence-corrected chi connectivity index (χ2v) is 5.79. The van der Waals surface area contributed by atoms with E-state index in [2.05, 4.69) is 25.3 Å². The Bertz CT molecular complexity index is 737. The van der Waals surface area contributed by atoms with Crippen molar-refractivity contribution >= 4 is 33.4 Å². The van der Waals surface area contributed by atoms with Gasteiger partial charge in [0.2, 0.25) is 0 Å². The Labute approximate surface area is 127 Å². The highest BCUT2D eigenvalue weighted by molar-refractivity contribution is 9.10. The number of aromatic amines is 1. The fourth-order valence-corrected chi connectivity index (χ4v) is 3.09. The van der Waals surface area contributed by atoms with E-state index in [0.29, 0.717) is 24.5 Å². The molecule has 1 aromatic carbocycles. The highest BCUT2D eigenvalue weighted by Gasteiger charge is 2.25. The van der Waals surface area contributed by atoms with E-state index in [1.807, 2.05) is 12.1 Å². The number of nitrogens with one attached hydrogen (secondary N) is 1. The van der Waals surface area contributed by atoms with Gasteiger partial charge in [0.15, 0.2) is 0 Å². The van der Waals surface area contributed by atoms with Crippen molar-refractivity contribution in [3.8, 4) is 0 Å². The predicted octanol–water partition coefficient (Wildman–Crippen LogP) is 2.58. The number of hydrogen-bond donors (Lipinski definition) is 1. The van der Waals surface area contributed by atoms with E-state index >= 15 is 0 Å². The van der Waals surface area contributed by atoms with Gasteiger partial charge in [-0.15, -0.1) is 0 Å². The van der Waals surface area contributed by atoms with Gasteiger partial charge in [0.25, 0.3) is 5.91 Å². The van der Waals surface area contributed by atoms with Crippen LogP contribution in [0.2, 0.25) is 5.02 Å². The number of oxazole rings is 1. The average molecular weight is 358 g/mol. The minimum atomic E-state index is -0.630. The van der Waals surface area contributed by atoms with E-state index < -0.39 is 5.76 Å². The van der Waals surface area contributed by atoms with Gasteiger partial charge in [-0.2, -0.15) is 0 Å². The van der Waals surface area contributed by atoms with Crippen molar-refractivity contribution in [3.63, 3.8) is 0 Å². The molecule has 0 unspecified atom stereocenters. The number of fused-ring (bicyclic) bond motifs is 1. The Morgan fingerprint density at radius 1 is 1.40 bits per heavy atom. The molecule has 1 aliphatic rings. The van der Waals surface area contributed by atoms with Crippen LogP contribution >= 0.6 is 27.5 Å². The summed E-state index contributed by atoms with van der Waals surface area (Å²) in [4.78, 5) is 27.3. The van der Waals surface area contributed by atoms with Crippen molar-refractivity contribution in [2.24, 2.45) is 0 Å². The van der Waals surface area contributed by atoms with E-state index in [-0.39, 0.29) is 11.6 Å². The molecule has 0 saturated carbocycles. The number of benzene rings is 1. The largest absolute Gasteiger partial charge is 0.416 e. The zero-order valence-corrected chi connectivity index (χ0v) is 12.6. The second kappa shape index (κ2) is 5.10. The van der Waals surface area contributed by atoms with Crippen LogP contribution in [0.5, 0.6) is 0 Å². The number of carbonyl (C=O) groups excluding carboxylic acids is 1. The summed E-state index contributed by atoms with van der Waals surface area (Å²) in [5, 5.41) is 0.715. The molecule has 0 aliphatic carbocycles. The number of nitrogens with zero attached hydrogens (tertiary/aromatic N) is 1. The summed E-state index contributed by atoms with van der Waals surface area (Å²) < 4.78 is 5.53. The highest BCUT2D eigenvalue weighted by Crippen LogP contribution is 2.32. The topological polar surface area (TPSA) is 66.3 Å². The number of amides is 1. The molecule has 0 atom stereocenters. The number of H-pyrrole nitrogens is 1. The molecule has 3 rings (SSSR count). The van der Waals surface area contributed by atoms with Crippen molar-refractivity contribution in [1.82, 2.24) is 9.88 Å². The van der Waals surface area contributed by atoms with Crippen LogP contribution in [0, 0.1) is 0 Å². The Morgan fingerprint density at radius 3 is 2.90 bits per heavy atom. The summed E-state index contributed by atoms with van der Waals surface area (Å²) in [5.41, 5.74) is 2.23. The molecule has 0 bridgehead atoms. The molecule has 2 heterocycles. The van der Waals surface area contributed by atoms with Crippen molar-refractivity contribution in [2.45, 2.75) is 13.0 Å². The van der Waals surface area contributed by atoms with Crippen molar-refractivity contribution in [3.05, 3.63) is 55.3 Å². The summed E-state index contributed by atoms with van der Waals surface area (Å²) in [6, 6.07) is 3.71. The molecule has 2 aromatic rings. The molecule has 0 radical (unpaired) electrons. The maximum atomic E-state index is 12.3. The zero-order valence-electron chi connectivity index (χ0n) is 10.3. The van der Waals surface area contributed by atoms with Crippen LogP contribution in [-0.4, -0.2) is 22.3 Å². The number of halogens is 2. The standard InChI is InChI=1S/C13H10BrClN2O3/c14-9-1-2-10(15)7-3-4-17(5-8(7)9)12(18)11-6-20-13(19)16-11/h1-2,6H,3-5H2,(H,16,19). The average Bonchev–Trinajstić information content (AvgIpc) is 2.88. The van der Waals surface area contributed by atoms with Gasteiger partial charge in [0.1, 0.15) is 12.0 Å². The molecule has 104 valence electrons. The van der Waals surface area contributed by atoms with Gasteiger partial charge in [-0.1, -0.05) is 27.5 Å². The lowest BCUT2D eigenvalue weighted by molar-refractivity contribution is 0.0728. The molecule has 0 saturated heterocycles. The smallest absolute Gasteiger partial charge is 0.416 e. The first-order valence-electron chi connectivity index (χ1n) is 5.99. The molecule has 1 amide bonds. The van der Waals surface area contributed by atoms with E-state index in [1.54, 1.807) is 4.90 Å². The number of carbonyl (C=O) groups is 1. The lowest BCUT2D eigenvalue weighted by atomic mass is 9.99. The number of hydrogen-bond acceptors (Lipinski definition) is 3. The Hall–Kier alpha value is -1.53. The van der Waals surface area contributed by atoms with Crippen molar-refractivity contribution in [2.75, 3.05) is 6.54 Å². The van der Waals surface area contributed by atoms with Crippen LogP contribution in [0.25, 0.3) is 0 Å². The summed E-state index contributed by atoms with van der Waals surface area (Å²) in [6.45, 7) is 0.998. The molecule has 0 spiro atoms. The molecule has 20 heavy (non-hydrogen) atoms. The third-order valence-corrected chi connectivity index (χ3v) is 4.43. The first-order valence-corrected chi connectivity index (χ1v) is 7.16. The number of aromatic nitrogens is 1. The van der Waals surface area contributed by atoms with Gasteiger partial charge in [0, 0.05) is 22.6 Å².